The molecule has 90 valence electrons. The Labute approximate surface area is 103 Å². The second kappa shape index (κ2) is 4.34. The number of carboxylic acids is 1. The van der Waals surface area contributed by atoms with Gasteiger partial charge in [0.1, 0.15) is 0 Å². The number of nitriles is 1. The van der Waals surface area contributed by atoms with Crippen molar-refractivity contribution >= 4 is 22.8 Å². The summed E-state index contributed by atoms with van der Waals surface area (Å²) in [6.07, 6.45) is 1.43. The first-order chi connectivity index (χ1) is 8.56. The average molecular weight is 242 g/mol. The lowest BCUT2D eigenvalue weighted by Crippen LogP contribution is -2.09. The zero-order valence-corrected chi connectivity index (χ0v) is 9.62. The van der Waals surface area contributed by atoms with Crippen molar-refractivity contribution in [2.75, 3.05) is 0 Å². The third kappa shape index (κ3) is 1.74. The van der Waals surface area contributed by atoms with Crippen molar-refractivity contribution in [3.05, 3.63) is 36.0 Å². The Morgan fingerprint density at radius 2 is 2.06 bits per heavy atom. The Morgan fingerprint density at radius 3 is 2.61 bits per heavy atom. The van der Waals surface area contributed by atoms with Gasteiger partial charge in [0.15, 0.2) is 5.92 Å². The highest BCUT2D eigenvalue weighted by atomic mass is 16.4. The molecule has 0 amide bonds. The van der Waals surface area contributed by atoms with Crippen molar-refractivity contribution in [3.63, 3.8) is 0 Å². The maximum Gasteiger partial charge on any atom is 0.325 e. The maximum absolute atomic E-state index is 11.5. The zero-order chi connectivity index (χ0) is 13.3. The van der Waals surface area contributed by atoms with Gasteiger partial charge in [-0.05, 0) is 6.07 Å². The second-order valence-electron chi connectivity index (χ2n) is 3.89. The monoisotopic (exact) mass is 242 g/mol. The van der Waals surface area contributed by atoms with E-state index >= 15 is 0 Å². The Bertz CT molecular complexity index is 679. The molecule has 0 saturated heterocycles. The van der Waals surface area contributed by atoms with E-state index < -0.39 is 11.9 Å². The van der Waals surface area contributed by atoms with E-state index in [-0.39, 0.29) is 5.91 Å². The molecule has 18 heavy (non-hydrogen) atoms. The number of carboxylic acid groups (broad SMARTS) is 1. The minimum Gasteiger partial charge on any atom is -0.480 e. The fraction of sp³-hybridized carbons (Fsp3) is 0.154. The molecule has 1 aromatic heterocycles. The number of nitrogens with zero attached hydrogens (tertiary/aromatic N) is 2. The van der Waals surface area contributed by atoms with Crippen LogP contribution in [0.15, 0.2) is 30.5 Å². The van der Waals surface area contributed by atoms with Crippen LogP contribution in [0, 0.1) is 11.3 Å². The molecule has 5 nitrogen and oxygen atoms in total. The van der Waals surface area contributed by atoms with Gasteiger partial charge in [-0.3, -0.25) is 14.2 Å². The predicted octanol–water partition coefficient (Wildman–Crippen LogP) is 1.99. The molecule has 1 aromatic carbocycles. The molecule has 0 fully saturated rings. The molecule has 0 saturated carbocycles. The molecule has 0 bridgehead atoms. The van der Waals surface area contributed by atoms with Gasteiger partial charge in [0.25, 0.3) is 0 Å². The number of hydrogen-bond donors (Lipinski definition) is 1. The van der Waals surface area contributed by atoms with Crippen molar-refractivity contribution in [1.82, 2.24) is 4.57 Å². The molecule has 2 rings (SSSR count). The number of carbonyl (C=O) groups is 2. The summed E-state index contributed by atoms with van der Waals surface area (Å²) in [5.41, 5.74) is 0.956. The number of aromatic nitrogens is 1. The quantitative estimate of drug-likeness (QED) is 0.872. The molecule has 1 heterocycles. The molecule has 1 unspecified atom stereocenters. The van der Waals surface area contributed by atoms with E-state index in [0.717, 1.165) is 0 Å². The number of aliphatic carboxylic acids is 1. The molecule has 0 aliphatic heterocycles. The van der Waals surface area contributed by atoms with Crippen LogP contribution in [0.3, 0.4) is 0 Å². The van der Waals surface area contributed by atoms with E-state index in [1.807, 2.05) is 0 Å². The van der Waals surface area contributed by atoms with Crippen LogP contribution in [0.25, 0.3) is 10.9 Å². The van der Waals surface area contributed by atoms with Crippen LogP contribution >= 0.6 is 0 Å². The molecular weight excluding hydrogens is 232 g/mol. The third-order valence-corrected chi connectivity index (χ3v) is 2.77. The lowest BCUT2D eigenvalue weighted by Gasteiger charge is -2.00. The molecule has 0 radical (unpaired) electrons. The van der Waals surface area contributed by atoms with Crippen LogP contribution in [0.4, 0.5) is 0 Å². The predicted molar refractivity (Wildman–Crippen MR) is 64.2 cm³/mol. The molecule has 1 N–H and O–H groups in total. The van der Waals surface area contributed by atoms with Crippen LogP contribution in [0.5, 0.6) is 0 Å². The zero-order valence-electron chi connectivity index (χ0n) is 9.62. The molecule has 1 atom stereocenters. The van der Waals surface area contributed by atoms with Gasteiger partial charge in [-0.15, -0.1) is 0 Å². The normalized spacial score (nSPS) is 12.0. The van der Waals surface area contributed by atoms with Crippen molar-refractivity contribution in [3.8, 4) is 6.07 Å². The van der Waals surface area contributed by atoms with Crippen molar-refractivity contribution in [2.45, 2.75) is 12.8 Å². The topological polar surface area (TPSA) is 83.1 Å². The van der Waals surface area contributed by atoms with Gasteiger partial charge >= 0.3 is 5.97 Å². The Morgan fingerprint density at radius 1 is 1.39 bits per heavy atom. The van der Waals surface area contributed by atoms with E-state index in [2.05, 4.69) is 0 Å². The Hall–Kier alpha value is -2.61. The molecule has 2 aromatic rings. The van der Waals surface area contributed by atoms with Gasteiger partial charge < -0.3 is 5.11 Å². The summed E-state index contributed by atoms with van der Waals surface area (Å²) >= 11 is 0. The summed E-state index contributed by atoms with van der Waals surface area (Å²) in [4.78, 5) is 22.5. The standard InChI is InChI=1S/C13H10N2O3/c1-8(16)15-7-11(10(6-14)13(17)18)9-4-2-3-5-12(9)15/h2-5,7,10H,1H3,(H,17,18). The van der Waals surface area contributed by atoms with E-state index in [9.17, 15) is 9.59 Å². The van der Waals surface area contributed by atoms with Gasteiger partial charge in [-0.1, -0.05) is 18.2 Å². The highest BCUT2D eigenvalue weighted by molar-refractivity contribution is 5.97. The number of fused-ring (bicyclic) bond motifs is 1. The van der Waals surface area contributed by atoms with Crippen LogP contribution in [0.1, 0.15) is 23.2 Å². The summed E-state index contributed by atoms with van der Waals surface area (Å²) in [6, 6.07) is 8.66. The minimum atomic E-state index is -1.27. The third-order valence-electron chi connectivity index (χ3n) is 2.77. The molecule has 5 heteroatoms. The van der Waals surface area contributed by atoms with E-state index in [0.29, 0.717) is 16.5 Å². The molecule has 0 spiro atoms. The first-order valence-corrected chi connectivity index (χ1v) is 5.29. The van der Waals surface area contributed by atoms with Gasteiger partial charge in [0.05, 0.1) is 11.6 Å². The largest absolute Gasteiger partial charge is 0.480 e. The van der Waals surface area contributed by atoms with Crippen LogP contribution in [-0.2, 0) is 4.79 Å². The first-order valence-electron chi connectivity index (χ1n) is 5.29. The fourth-order valence-electron chi connectivity index (χ4n) is 1.95. The van der Waals surface area contributed by atoms with Crippen LogP contribution in [0.2, 0.25) is 0 Å². The van der Waals surface area contributed by atoms with Gasteiger partial charge in [-0.25, -0.2) is 0 Å². The summed E-state index contributed by atoms with van der Waals surface area (Å²) in [6.45, 7) is 1.39. The summed E-state index contributed by atoms with van der Waals surface area (Å²) in [7, 11) is 0. The summed E-state index contributed by atoms with van der Waals surface area (Å²) in [5.74, 6) is -2.71. The van der Waals surface area contributed by atoms with Crippen molar-refractivity contribution < 1.29 is 14.7 Å². The van der Waals surface area contributed by atoms with E-state index in [4.69, 9.17) is 10.4 Å². The van der Waals surface area contributed by atoms with Gasteiger partial charge in [0.2, 0.25) is 5.91 Å². The minimum absolute atomic E-state index is 0.223. The lowest BCUT2D eigenvalue weighted by atomic mass is 10.0. The fourth-order valence-corrected chi connectivity index (χ4v) is 1.95. The molecular formula is C13H10N2O3. The van der Waals surface area contributed by atoms with Crippen molar-refractivity contribution in [2.24, 2.45) is 0 Å². The number of carbonyl (C=O) groups excluding carboxylic acids is 1. The number of benzene rings is 1. The highest BCUT2D eigenvalue weighted by Gasteiger charge is 2.24. The Kier molecular flexibility index (Phi) is 2.86. The van der Waals surface area contributed by atoms with Gasteiger partial charge in [-0.2, -0.15) is 5.26 Å². The van der Waals surface area contributed by atoms with Gasteiger partial charge in [0, 0.05) is 24.1 Å². The summed E-state index contributed by atoms with van der Waals surface area (Å²) < 4.78 is 1.36. The number of para-hydroxylation sites is 1. The van der Waals surface area contributed by atoms with E-state index in [1.54, 1.807) is 30.3 Å². The smallest absolute Gasteiger partial charge is 0.325 e. The first kappa shape index (κ1) is 11.9. The number of rotatable bonds is 2. The molecule has 0 aliphatic carbocycles. The lowest BCUT2D eigenvalue weighted by molar-refractivity contribution is -0.137. The van der Waals surface area contributed by atoms with Crippen molar-refractivity contribution in [1.29, 1.82) is 5.26 Å². The Balaban J connectivity index is 2.77. The summed E-state index contributed by atoms with van der Waals surface area (Å²) in [5, 5.41) is 18.6. The van der Waals surface area contributed by atoms with Crippen LogP contribution in [-0.4, -0.2) is 21.6 Å². The maximum atomic E-state index is 11.5. The van der Waals surface area contributed by atoms with Crippen LogP contribution < -0.4 is 0 Å². The average Bonchev–Trinajstić information content (AvgIpc) is 2.70. The second-order valence-corrected chi connectivity index (χ2v) is 3.89. The van der Waals surface area contributed by atoms with E-state index in [1.165, 1.54) is 17.7 Å². The number of hydrogen-bond acceptors (Lipinski definition) is 3. The molecule has 0 aliphatic rings. The SMILES string of the molecule is CC(=O)n1cc(C(C#N)C(=O)O)c2ccccc21. The highest BCUT2D eigenvalue weighted by Crippen LogP contribution is 2.27.